The maximum absolute atomic E-state index is 4.64. The third-order valence-corrected chi connectivity index (χ3v) is 5.36. The highest BCUT2D eigenvalue weighted by atomic mass is 15.2. The van der Waals surface area contributed by atoms with Crippen molar-refractivity contribution in [3.8, 4) is 0 Å². The molecule has 0 bridgehead atoms. The van der Waals surface area contributed by atoms with Gasteiger partial charge in [0.05, 0.1) is 11.0 Å². The van der Waals surface area contributed by atoms with Crippen molar-refractivity contribution in [1.29, 1.82) is 0 Å². The predicted molar refractivity (Wildman–Crippen MR) is 126 cm³/mol. The van der Waals surface area contributed by atoms with Crippen LogP contribution in [0.3, 0.4) is 0 Å². The summed E-state index contributed by atoms with van der Waals surface area (Å²) in [5.74, 6) is 1.89. The smallest absolute Gasteiger partial charge is 0.191 e. The summed E-state index contributed by atoms with van der Waals surface area (Å²) in [6, 6.07) is 17.0. The first-order chi connectivity index (χ1) is 14.6. The van der Waals surface area contributed by atoms with Crippen LogP contribution in [0.5, 0.6) is 0 Å². The van der Waals surface area contributed by atoms with E-state index < -0.39 is 0 Å². The maximum Gasteiger partial charge on any atom is 0.191 e. The zero-order valence-corrected chi connectivity index (χ0v) is 18.7. The van der Waals surface area contributed by atoms with Gasteiger partial charge in [-0.15, -0.1) is 0 Å². The fourth-order valence-electron chi connectivity index (χ4n) is 3.59. The number of hydrogen-bond donors (Lipinski definition) is 2. The molecule has 0 saturated heterocycles. The highest BCUT2D eigenvalue weighted by Gasteiger charge is 2.06. The van der Waals surface area contributed by atoms with Gasteiger partial charge in [-0.2, -0.15) is 0 Å². The minimum absolute atomic E-state index is 0.759. The number of para-hydroxylation sites is 2. The fourth-order valence-corrected chi connectivity index (χ4v) is 3.59. The minimum Gasteiger partial charge on any atom is -0.356 e. The van der Waals surface area contributed by atoms with E-state index in [1.165, 1.54) is 16.6 Å². The van der Waals surface area contributed by atoms with Gasteiger partial charge in [0.2, 0.25) is 0 Å². The van der Waals surface area contributed by atoms with Gasteiger partial charge < -0.3 is 20.1 Å². The van der Waals surface area contributed by atoms with Gasteiger partial charge in [0.1, 0.15) is 5.82 Å². The number of nitrogens with zero attached hydrogens (tertiary/aromatic N) is 4. The molecule has 0 aliphatic rings. The molecule has 0 unspecified atom stereocenters. The van der Waals surface area contributed by atoms with Crippen molar-refractivity contribution in [2.45, 2.75) is 39.9 Å². The van der Waals surface area contributed by atoms with Gasteiger partial charge in [-0.3, -0.25) is 4.99 Å². The number of fused-ring (bicyclic) bond motifs is 1. The van der Waals surface area contributed by atoms with Crippen LogP contribution in [-0.4, -0.2) is 47.6 Å². The summed E-state index contributed by atoms with van der Waals surface area (Å²) >= 11 is 0. The number of benzene rings is 2. The summed E-state index contributed by atoms with van der Waals surface area (Å²) in [5.41, 5.74) is 4.86. The van der Waals surface area contributed by atoms with Crippen LogP contribution in [0.4, 0.5) is 0 Å². The van der Waals surface area contributed by atoms with Crippen LogP contribution in [0.1, 0.15) is 30.3 Å². The van der Waals surface area contributed by atoms with E-state index >= 15 is 0 Å². The second-order valence-electron chi connectivity index (χ2n) is 7.66. The molecule has 1 aromatic heterocycles. The van der Waals surface area contributed by atoms with Gasteiger partial charge in [-0.25, -0.2) is 4.98 Å². The second kappa shape index (κ2) is 10.8. The molecule has 6 heteroatoms. The Labute approximate surface area is 180 Å². The van der Waals surface area contributed by atoms with Crippen LogP contribution in [0.2, 0.25) is 0 Å². The molecular formula is C24H34N6. The topological polar surface area (TPSA) is 57.5 Å². The number of aliphatic imine (C=N–C) groups is 1. The Morgan fingerprint density at radius 3 is 2.70 bits per heavy atom. The quantitative estimate of drug-likeness (QED) is 0.324. The van der Waals surface area contributed by atoms with E-state index in [0.717, 1.165) is 56.4 Å². The first-order valence-electron chi connectivity index (χ1n) is 10.7. The molecule has 2 N–H and O–H groups in total. The maximum atomic E-state index is 4.64. The van der Waals surface area contributed by atoms with Gasteiger partial charge in [0, 0.05) is 33.2 Å². The summed E-state index contributed by atoms with van der Waals surface area (Å²) in [4.78, 5) is 11.3. The molecular weight excluding hydrogens is 372 g/mol. The summed E-state index contributed by atoms with van der Waals surface area (Å²) < 4.78 is 2.28. The van der Waals surface area contributed by atoms with Crippen molar-refractivity contribution in [3.05, 3.63) is 65.5 Å². The SMILES string of the molecule is CCN(C)Cc1cccc(CNC(=NC)NCCCn2c(C)nc3ccccc32)c1. The summed E-state index contributed by atoms with van der Waals surface area (Å²) in [5, 5.41) is 6.84. The van der Waals surface area contributed by atoms with Gasteiger partial charge in [0.15, 0.2) is 5.96 Å². The lowest BCUT2D eigenvalue weighted by molar-refractivity contribution is 0.345. The van der Waals surface area contributed by atoms with Crippen LogP contribution in [0.15, 0.2) is 53.5 Å². The Balaban J connectivity index is 1.46. The molecule has 0 amide bonds. The van der Waals surface area contributed by atoms with Gasteiger partial charge in [0.25, 0.3) is 0 Å². The Morgan fingerprint density at radius 1 is 1.10 bits per heavy atom. The van der Waals surface area contributed by atoms with Gasteiger partial charge in [-0.1, -0.05) is 43.3 Å². The average molecular weight is 407 g/mol. The van der Waals surface area contributed by atoms with Crippen LogP contribution in [-0.2, 0) is 19.6 Å². The Bertz CT molecular complexity index is 975. The van der Waals surface area contributed by atoms with Crippen molar-refractivity contribution in [3.63, 3.8) is 0 Å². The van der Waals surface area contributed by atoms with E-state index in [1.54, 1.807) is 0 Å². The van der Waals surface area contributed by atoms with E-state index in [-0.39, 0.29) is 0 Å². The molecule has 0 atom stereocenters. The van der Waals surface area contributed by atoms with Crippen LogP contribution in [0.25, 0.3) is 11.0 Å². The molecule has 3 rings (SSSR count). The van der Waals surface area contributed by atoms with Crippen LogP contribution >= 0.6 is 0 Å². The number of rotatable bonds is 9. The first kappa shape index (κ1) is 21.8. The highest BCUT2D eigenvalue weighted by molar-refractivity contribution is 5.79. The van der Waals surface area contributed by atoms with Crippen molar-refractivity contribution >= 4 is 17.0 Å². The average Bonchev–Trinajstić information content (AvgIpc) is 3.08. The lowest BCUT2D eigenvalue weighted by atomic mass is 10.1. The minimum atomic E-state index is 0.759. The largest absolute Gasteiger partial charge is 0.356 e. The number of imidazole rings is 1. The third kappa shape index (κ3) is 5.83. The number of guanidine groups is 1. The van der Waals surface area contributed by atoms with Crippen molar-refractivity contribution in [2.75, 3.05) is 27.2 Å². The van der Waals surface area contributed by atoms with Crippen LogP contribution < -0.4 is 10.6 Å². The van der Waals surface area contributed by atoms with Gasteiger partial charge in [-0.05, 0) is 50.2 Å². The molecule has 160 valence electrons. The monoisotopic (exact) mass is 406 g/mol. The molecule has 3 aromatic rings. The standard InChI is InChI=1S/C24H34N6/c1-5-29(4)18-21-11-8-10-20(16-21)17-27-24(25-3)26-14-9-15-30-19(2)28-22-12-6-7-13-23(22)30/h6-8,10-13,16H,5,9,14-15,17-18H2,1-4H3,(H2,25,26,27). The number of aryl methyl sites for hydroxylation is 2. The zero-order valence-electron chi connectivity index (χ0n) is 18.7. The second-order valence-corrected chi connectivity index (χ2v) is 7.66. The van der Waals surface area contributed by atoms with E-state index in [0.29, 0.717) is 0 Å². The van der Waals surface area contributed by atoms with E-state index in [9.17, 15) is 0 Å². The zero-order chi connectivity index (χ0) is 21.3. The molecule has 6 nitrogen and oxygen atoms in total. The molecule has 30 heavy (non-hydrogen) atoms. The molecule has 0 saturated carbocycles. The molecule has 0 fully saturated rings. The Morgan fingerprint density at radius 2 is 1.90 bits per heavy atom. The van der Waals surface area contributed by atoms with Gasteiger partial charge >= 0.3 is 0 Å². The molecule has 0 aliphatic carbocycles. The lowest BCUT2D eigenvalue weighted by Crippen LogP contribution is -2.37. The van der Waals surface area contributed by atoms with Crippen molar-refractivity contribution in [2.24, 2.45) is 4.99 Å². The first-order valence-corrected chi connectivity index (χ1v) is 10.7. The van der Waals surface area contributed by atoms with E-state index in [2.05, 4.69) is 93.4 Å². The summed E-state index contributed by atoms with van der Waals surface area (Å²) in [6.07, 6.45) is 1.00. The molecule has 0 aliphatic heterocycles. The van der Waals surface area contributed by atoms with Crippen LogP contribution in [0, 0.1) is 6.92 Å². The van der Waals surface area contributed by atoms with E-state index in [4.69, 9.17) is 0 Å². The number of nitrogens with one attached hydrogen (secondary N) is 2. The summed E-state index contributed by atoms with van der Waals surface area (Å²) in [7, 11) is 3.96. The van der Waals surface area contributed by atoms with Crippen molar-refractivity contribution in [1.82, 2.24) is 25.1 Å². The molecule has 0 radical (unpaired) electrons. The highest BCUT2D eigenvalue weighted by Crippen LogP contribution is 2.15. The number of aromatic nitrogens is 2. The Kier molecular flexibility index (Phi) is 7.85. The Hall–Kier alpha value is -2.86. The molecule has 0 spiro atoms. The van der Waals surface area contributed by atoms with Crippen molar-refractivity contribution < 1.29 is 0 Å². The lowest BCUT2D eigenvalue weighted by Gasteiger charge is -2.15. The third-order valence-electron chi connectivity index (χ3n) is 5.36. The summed E-state index contributed by atoms with van der Waals surface area (Å²) in [6.45, 7) is 8.82. The normalized spacial score (nSPS) is 12.0. The molecule has 2 aromatic carbocycles. The fraction of sp³-hybridized carbons (Fsp3) is 0.417. The van der Waals surface area contributed by atoms with E-state index in [1.807, 2.05) is 13.1 Å². The molecule has 1 heterocycles. The predicted octanol–water partition coefficient (Wildman–Crippen LogP) is 3.55. The number of hydrogen-bond acceptors (Lipinski definition) is 3.